The number of benzene rings is 2. The van der Waals surface area contributed by atoms with E-state index in [1.54, 1.807) is 23.5 Å². The van der Waals surface area contributed by atoms with Gasteiger partial charge in [0.25, 0.3) is 0 Å². The van der Waals surface area contributed by atoms with Crippen LogP contribution in [0.15, 0.2) is 49.6 Å². The number of rotatable bonds is 26. The van der Waals surface area contributed by atoms with Crippen molar-refractivity contribution in [1.29, 1.82) is 0 Å². The molecule has 0 saturated heterocycles. The van der Waals surface area contributed by atoms with Gasteiger partial charge in [0.1, 0.15) is 24.2 Å². The Balaban J connectivity index is 2.28. The maximum atomic E-state index is 12.3. The zero-order valence-electron chi connectivity index (χ0n) is 33.3. The summed E-state index contributed by atoms with van der Waals surface area (Å²) in [5.74, 6) is 8.88. The highest BCUT2D eigenvalue weighted by Gasteiger charge is 2.32. The Morgan fingerprint density at radius 1 is 0.717 bits per heavy atom. The maximum Gasteiger partial charge on any atom is 0.331 e. The van der Waals surface area contributed by atoms with Gasteiger partial charge in [-0.3, -0.25) is 0 Å². The first-order valence-electron chi connectivity index (χ1n) is 17.7. The molecular weight excluding hydrogens is 781 g/mol. The number of carbonyl (C=O) groups excluding carboxylic acids is 2. The second-order valence-electron chi connectivity index (χ2n) is 13.3. The summed E-state index contributed by atoms with van der Waals surface area (Å²) in [6, 6.07) is 8.79. The topological polar surface area (TPSA) is 71.1 Å². The van der Waals surface area contributed by atoms with Gasteiger partial charge in [0.05, 0.1) is 0 Å². The Kier molecular flexibility index (Phi) is 21.8. The summed E-state index contributed by atoms with van der Waals surface area (Å²) in [4.78, 5) is 23.5. The lowest BCUT2D eigenvalue weighted by Gasteiger charge is -2.31. The largest absolute Gasteiger partial charge is 0.488 e. The molecule has 0 aliphatic heterocycles. The summed E-state index contributed by atoms with van der Waals surface area (Å²) >= 11 is 10.8. The van der Waals surface area contributed by atoms with Gasteiger partial charge in [-0.1, -0.05) is 51.3 Å². The molecule has 6 nitrogen and oxygen atoms in total. The fourth-order valence-electron chi connectivity index (χ4n) is 5.46. The quantitative estimate of drug-likeness (QED) is 0.0392. The van der Waals surface area contributed by atoms with Gasteiger partial charge < -0.3 is 18.9 Å². The fourth-order valence-corrected chi connectivity index (χ4v) is 11.2. The molecule has 0 heterocycles. The Bertz CT molecular complexity index is 1450. The fraction of sp³-hybridized carbons (Fsp3) is 0.561. The molecule has 0 radical (unpaired) electrons. The van der Waals surface area contributed by atoms with Crippen LogP contribution in [0.1, 0.15) is 61.1 Å². The Morgan fingerprint density at radius 3 is 1.68 bits per heavy atom. The van der Waals surface area contributed by atoms with E-state index < -0.39 is 23.0 Å². The first-order chi connectivity index (χ1) is 25.1. The predicted octanol–water partition coefficient (Wildman–Crippen LogP) is 10.6. The van der Waals surface area contributed by atoms with E-state index in [4.69, 9.17) is 18.9 Å². The maximum absolute atomic E-state index is 12.3. The zero-order valence-corrected chi connectivity index (χ0v) is 38.2. The summed E-state index contributed by atoms with van der Waals surface area (Å²) in [6.07, 6.45) is 6.18. The molecule has 12 heteroatoms. The number of hydrogen-bond acceptors (Lipinski definition) is 12. The van der Waals surface area contributed by atoms with E-state index in [0.29, 0.717) is 0 Å². The summed E-state index contributed by atoms with van der Waals surface area (Å²) < 4.78 is 24.5. The van der Waals surface area contributed by atoms with Crippen molar-refractivity contribution >= 4 is 82.5 Å². The van der Waals surface area contributed by atoms with Gasteiger partial charge in [-0.25, -0.2) is 9.59 Å². The van der Waals surface area contributed by atoms with Crippen LogP contribution in [-0.4, -0.2) is 93.6 Å². The smallest absolute Gasteiger partial charge is 0.331 e. The third-order valence-corrected chi connectivity index (χ3v) is 15.1. The zero-order chi connectivity index (χ0) is 39.6. The van der Waals surface area contributed by atoms with Gasteiger partial charge in [0.15, 0.2) is 10.4 Å². The molecule has 0 aliphatic rings. The number of carbonyl (C=O) groups is 2. The first-order valence-corrected chi connectivity index (χ1v) is 24.9. The highest BCUT2D eigenvalue weighted by molar-refractivity contribution is 8.05. The minimum atomic E-state index is -0.851. The summed E-state index contributed by atoms with van der Waals surface area (Å²) in [7, 11) is 0. The summed E-state index contributed by atoms with van der Waals surface area (Å²) in [5.41, 5.74) is 5.74. The third-order valence-electron chi connectivity index (χ3n) is 8.42. The molecule has 0 spiro atoms. The standard InChI is InChI=1S/C41H60O6S6/c1-13-35(42)45-32(7)39(52-21-19-50-17-15-48-11)46-38-30(5)25-34(26-31(38)6)40(8,9)33-23-28(3)37(29(4)24-33)44-27-41(10,47-36(43)14-2)53-22-20-51-18-16-49-12/h13-14,23-26,32,39H,1-2,15-22,27H2,3-12H3. The molecule has 0 amide bonds. The van der Waals surface area contributed by atoms with Crippen molar-refractivity contribution in [3.63, 3.8) is 0 Å². The molecule has 53 heavy (non-hydrogen) atoms. The first kappa shape index (κ1) is 47.7. The Morgan fingerprint density at radius 2 is 1.19 bits per heavy atom. The van der Waals surface area contributed by atoms with Crippen molar-refractivity contribution in [3.05, 3.63) is 83.0 Å². The van der Waals surface area contributed by atoms with Crippen LogP contribution in [0.25, 0.3) is 0 Å². The van der Waals surface area contributed by atoms with Crippen LogP contribution in [0.4, 0.5) is 0 Å². The summed E-state index contributed by atoms with van der Waals surface area (Å²) in [5, 5.41) is 0. The second-order valence-corrected chi connectivity index (χ2v) is 20.5. The average molecular weight is 841 g/mol. The molecule has 3 unspecified atom stereocenters. The normalized spacial score (nSPS) is 13.8. The Labute approximate surface area is 345 Å². The lowest BCUT2D eigenvalue weighted by atomic mass is 9.76. The van der Waals surface area contributed by atoms with Crippen molar-refractivity contribution in [2.45, 2.75) is 77.3 Å². The predicted molar refractivity (Wildman–Crippen MR) is 241 cm³/mol. The molecule has 0 N–H and O–H groups in total. The highest BCUT2D eigenvalue weighted by Crippen LogP contribution is 2.40. The minimum Gasteiger partial charge on any atom is -0.488 e. The van der Waals surface area contributed by atoms with E-state index in [9.17, 15) is 9.59 Å². The van der Waals surface area contributed by atoms with Gasteiger partial charge in [-0.2, -0.15) is 47.0 Å². The monoisotopic (exact) mass is 840 g/mol. The van der Waals surface area contributed by atoms with Crippen LogP contribution < -0.4 is 9.47 Å². The number of esters is 2. The Hall–Kier alpha value is -1.44. The van der Waals surface area contributed by atoms with Crippen molar-refractivity contribution in [3.8, 4) is 11.5 Å². The molecule has 296 valence electrons. The lowest BCUT2D eigenvalue weighted by molar-refractivity contribution is -0.146. The van der Waals surface area contributed by atoms with Crippen LogP contribution >= 0.6 is 70.6 Å². The molecule has 2 aromatic carbocycles. The number of ether oxygens (including phenoxy) is 4. The van der Waals surface area contributed by atoms with E-state index in [-0.39, 0.29) is 17.5 Å². The molecule has 0 aromatic heterocycles. The van der Waals surface area contributed by atoms with Gasteiger partial charge in [-0.05, 0) is 87.4 Å². The molecule has 0 saturated carbocycles. The van der Waals surface area contributed by atoms with Crippen molar-refractivity contribution < 1.29 is 28.5 Å². The van der Waals surface area contributed by atoms with E-state index in [1.807, 2.05) is 60.9 Å². The van der Waals surface area contributed by atoms with Gasteiger partial charge in [-0.15, -0.1) is 23.5 Å². The van der Waals surface area contributed by atoms with Crippen LogP contribution in [0.3, 0.4) is 0 Å². The molecule has 0 fully saturated rings. The number of thioether (sulfide) groups is 6. The van der Waals surface area contributed by atoms with E-state index in [2.05, 4.69) is 91.5 Å². The van der Waals surface area contributed by atoms with Gasteiger partial charge in [0.2, 0.25) is 0 Å². The van der Waals surface area contributed by atoms with Crippen molar-refractivity contribution in [1.82, 2.24) is 0 Å². The van der Waals surface area contributed by atoms with Crippen molar-refractivity contribution in [2.24, 2.45) is 0 Å². The highest BCUT2D eigenvalue weighted by atomic mass is 32.2. The third kappa shape index (κ3) is 15.9. The van der Waals surface area contributed by atoms with Gasteiger partial charge >= 0.3 is 11.9 Å². The van der Waals surface area contributed by atoms with Crippen LogP contribution in [0.5, 0.6) is 11.5 Å². The van der Waals surface area contributed by atoms with E-state index >= 15 is 0 Å². The molecule has 2 aromatic rings. The van der Waals surface area contributed by atoms with Crippen LogP contribution in [0, 0.1) is 27.7 Å². The van der Waals surface area contributed by atoms with Crippen molar-refractivity contribution in [2.75, 3.05) is 65.1 Å². The molecule has 2 rings (SSSR count). The molecule has 0 bridgehead atoms. The van der Waals surface area contributed by atoms with Gasteiger partial charge in [0, 0.05) is 63.6 Å². The lowest BCUT2D eigenvalue weighted by Crippen LogP contribution is -2.35. The van der Waals surface area contributed by atoms with Crippen LogP contribution in [-0.2, 0) is 24.5 Å². The van der Waals surface area contributed by atoms with E-state index in [1.165, 1.54) is 23.3 Å². The number of aryl methyl sites for hydroxylation is 4. The molecule has 0 aliphatic carbocycles. The second kappa shape index (κ2) is 24.3. The minimum absolute atomic E-state index is 0.221. The number of hydrogen-bond donors (Lipinski definition) is 0. The molecule has 3 atom stereocenters. The summed E-state index contributed by atoms with van der Waals surface area (Å²) in [6.45, 7) is 23.9. The SMILES string of the molecule is C=CC(=O)OC(C)C(Oc1c(C)cc(C(C)(C)c2cc(C)c(OCC(C)(OC(=O)C=C)SCCSCCSC)c(C)c2)cc1C)SCCSCCSC. The van der Waals surface area contributed by atoms with Crippen LogP contribution in [0.2, 0.25) is 0 Å². The van der Waals surface area contributed by atoms with E-state index in [0.717, 1.165) is 79.8 Å². The molecular formula is C41H60O6S6. The average Bonchev–Trinajstić information content (AvgIpc) is 3.10.